The van der Waals surface area contributed by atoms with E-state index in [4.69, 9.17) is 9.47 Å². The van der Waals surface area contributed by atoms with Gasteiger partial charge in [0.05, 0.1) is 24.8 Å². The molecule has 158 valence electrons. The molecule has 0 bridgehead atoms. The van der Waals surface area contributed by atoms with Crippen LogP contribution in [0.2, 0.25) is 0 Å². The average Bonchev–Trinajstić information content (AvgIpc) is 2.70. The monoisotopic (exact) mass is 424 g/mol. The van der Waals surface area contributed by atoms with Crippen LogP contribution >= 0.6 is 0 Å². The molecule has 0 atom stereocenters. The van der Waals surface area contributed by atoms with Gasteiger partial charge in [-0.1, -0.05) is 13.8 Å². The van der Waals surface area contributed by atoms with Crippen LogP contribution < -0.4 is 19.1 Å². The lowest BCUT2D eigenvalue weighted by Crippen LogP contribution is -2.41. The van der Waals surface area contributed by atoms with Gasteiger partial charge in [-0.05, 0) is 42.3 Å². The van der Waals surface area contributed by atoms with Crippen LogP contribution in [-0.2, 0) is 14.8 Å². The van der Waals surface area contributed by atoms with Gasteiger partial charge in [0.15, 0.2) is 11.5 Å². The molecule has 0 aliphatic heterocycles. The molecule has 0 fully saturated rings. The van der Waals surface area contributed by atoms with E-state index < -0.39 is 28.3 Å². The van der Waals surface area contributed by atoms with Gasteiger partial charge in [-0.15, -0.1) is 0 Å². The Hall–Kier alpha value is -2.81. The minimum absolute atomic E-state index is 0.0869. The molecule has 0 aliphatic carbocycles. The zero-order valence-corrected chi connectivity index (χ0v) is 17.6. The molecule has 2 aromatic carbocycles. The van der Waals surface area contributed by atoms with Crippen LogP contribution in [0.3, 0.4) is 0 Å². The zero-order valence-electron chi connectivity index (χ0n) is 16.8. The van der Waals surface area contributed by atoms with E-state index in [1.54, 1.807) is 0 Å². The quantitative estimate of drug-likeness (QED) is 0.669. The van der Waals surface area contributed by atoms with Crippen molar-refractivity contribution in [2.45, 2.75) is 18.7 Å². The van der Waals surface area contributed by atoms with E-state index in [9.17, 15) is 17.6 Å². The van der Waals surface area contributed by atoms with Gasteiger partial charge in [0.1, 0.15) is 12.4 Å². The number of ether oxygens (including phenoxy) is 2. The molecular formula is C20H25FN2O5S. The predicted molar refractivity (Wildman–Crippen MR) is 108 cm³/mol. The van der Waals surface area contributed by atoms with Crippen molar-refractivity contribution >= 4 is 21.6 Å². The van der Waals surface area contributed by atoms with E-state index in [2.05, 4.69) is 5.32 Å². The molecule has 0 saturated heterocycles. The van der Waals surface area contributed by atoms with Crippen LogP contribution in [-0.4, -0.2) is 41.6 Å². The number of carbonyl (C=O) groups excluding carboxylic acids is 1. The van der Waals surface area contributed by atoms with E-state index in [1.807, 2.05) is 13.8 Å². The summed E-state index contributed by atoms with van der Waals surface area (Å²) in [5.74, 6) is -0.166. The molecule has 9 heteroatoms. The highest BCUT2D eigenvalue weighted by atomic mass is 32.2. The lowest BCUT2D eigenvalue weighted by molar-refractivity contribution is -0.119. The Labute approximate surface area is 170 Å². The number of nitrogens with one attached hydrogen (secondary N) is 1. The Morgan fingerprint density at radius 1 is 1.07 bits per heavy atom. The van der Waals surface area contributed by atoms with E-state index in [0.717, 1.165) is 16.4 Å². The van der Waals surface area contributed by atoms with Crippen molar-refractivity contribution in [2.24, 2.45) is 5.92 Å². The van der Waals surface area contributed by atoms with Crippen LogP contribution in [0.1, 0.15) is 13.8 Å². The summed E-state index contributed by atoms with van der Waals surface area (Å²) in [6.07, 6.45) is 0. The van der Waals surface area contributed by atoms with Crippen molar-refractivity contribution < 1.29 is 27.1 Å². The van der Waals surface area contributed by atoms with Gasteiger partial charge in [0, 0.05) is 12.6 Å². The Kier molecular flexibility index (Phi) is 7.44. The van der Waals surface area contributed by atoms with Crippen LogP contribution in [0, 0.1) is 11.7 Å². The van der Waals surface area contributed by atoms with Gasteiger partial charge in [-0.3, -0.25) is 9.10 Å². The number of hydrogen-bond acceptors (Lipinski definition) is 5. The molecule has 0 heterocycles. The normalized spacial score (nSPS) is 11.2. The van der Waals surface area contributed by atoms with Gasteiger partial charge in [0.25, 0.3) is 10.0 Å². The average molecular weight is 424 g/mol. The molecular weight excluding hydrogens is 399 g/mol. The maximum atomic E-state index is 13.3. The third-order valence-electron chi connectivity index (χ3n) is 4.05. The summed E-state index contributed by atoms with van der Waals surface area (Å²) in [5.41, 5.74) is 0.167. The molecule has 0 aromatic heterocycles. The Balaban J connectivity index is 2.45. The lowest BCUT2D eigenvalue weighted by atomic mass is 10.2. The van der Waals surface area contributed by atoms with Crippen molar-refractivity contribution in [3.05, 3.63) is 48.3 Å². The van der Waals surface area contributed by atoms with Gasteiger partial charge in [0.2, 0.25) is 5.91 Å². The zero-order chi connectivity index (χ0) is 21.6. The smallest absolute Gasteiger partial charge is 0.264 e. The lowest BCUT2D eigenvalue weighted by Gasteiger charge is -2.24. The number of carbonyl (C=O) groups is 1. The summed E-state index contributed by atoms with van der Waals surface area (Å²) in [5, 5.41) is 2.69. The molecule has 2 rings (SSSR count). The maximum absolute atomic E-state index is 13.3. The number of hydrogen-bond donors (Lipinski definition) is 1. The van der Waals surface area contributed by atoms with Gasteiger partial charge in [-0.2, -0.15) is 0 Å². The topological polar surface area (TPSA) is 84.9 Å². The Morgan fingerprint density at radius 3 is 2.24 bits per heavy atom. The number of sulfonamides is 1. The van der Waals surface area contributed by atoms with E-state index >= 15 is 0 Å². The molecule has 0 saturated carbocycles. The number of anilines is 1. The van der Waals surface area contributed by atoms with Crippen LogP contribution in [0.15, 0.2) is 47.4 Å². The van der Waals surface area contributed by atoms with Crippen molar-refractivity contribution in [1.82, 2.24) is 5.32 Å². The number of nitrogens with zero attached hydrogens (tertiary/aromatic N) is 1. The second-order valence-corrected chi connectivity index (χ2v) is 8.57. The second-order valence-electron chi connectivity index (χ2n) is 6.70. The highest BCUT2D eigenvalue weighted by Crippen LogP contribution is 2.32. The molecule has 1 N–H and O–H groups in total. The van der Waals surface area contributed by atoms with Gasteiger partial charge < -0.3 is 14.8 Å². The van der Waals surface area contributed by atoms with Crippen LogP contribution in [0.4, 0.5) is 10.1 Å². The molecule has 0 unspecified atom stereocenters. The van der Waals surface area contributed by atoms with Crippen molar-refractivity contribution in [3.63, 3.8) is 0 Å². The summed E-state index contributed by atoms with van der Waals surface area (Å²) < 4.78 is 51.2. The number of benzene rings is 2. The first-order valence-corrected chi connectivity index (χ1v) is 10.4. The van der Waals surface area contributed by atoms with E-state index in [1.165, 1.54) is 44.6 Å². The standard InChI is InChI=1S/C20H25FN2O5S/c1-14(2)12-22-20(24)13-23(16-7-5-15(21)6-8-16)29(25,26)17-9-10-18(27-3)19(11-17)28-4/h5-11,14H,12-13H2,1-4H3,(H,22,24). The van der Waals surface area contributed by atoms with Crippen molar-refractivity contribution in [3.8, 4) is 11.5 Å². The molecule has 29 heavy (non-hydrogen) atoms. The third kappa shape index (κ3) is 5.60. The van der Waals surface area contributed by atoms with E-state index in [-0.39, 0.29) is 22.3 Å². The largest absolute Gasteiger partial charge is 0.493 e. The Morgan fingerprint density at radius 2 is 1.69 bits per heavy atom. The molecule has 0 aliphatic rings. The fourth-order valence-corrected chi connectivity index (χ4v) is 3.97. The van der Waals surface area contributed by atoms with Gasteiger partial charge >= 0.3 is 0 Å². The minimum atomic E-state index is -4.14. The van der Waals surface area contributed by atoms with Crippen LogP contribution in [0.25, 0.3) is 0 Å². The third-order valence-corrected chi connectivity index (χ3v) is 5.82. The summed E-state index contributed by atoms with van der Waals surface area (Å²) in [4.78, 5) is 12.3. The summed E-state index contributed by atoms with van der Waals surface area (Å²) in [6, 6.07) is 9.03. The van der Waals surface area contributed by atoms with Crippen molar-refractivity contribution in [2.75, 3.05) is 31.6 Å². The molecule has 0 radical (unpaired) electrons. The summed E-state index contributed by atoms with van der Waals surface area (Å²) in [6.45, 7) is 3.82. The first-order valence-electron chi connectivity index (χ1n) is 8.96. The van der Waals surface area contributed by atoms with Crippen LogP contribution in [0.5, 0.6) is 11.5 Å². The first kappa shape index (κ1) is 22.5. The molecule has 1 amide bonds. The minimum Gasteiger partial charge on any atom is -0.493 e. The number of rotatable bonds is 9. The van der Waals surface area contributed by atoms with Gasteiger partial charge in [-0.25, -0.2) is 12.8 Å². The van der Waals surface area contributed by atoms with E-state index in [0.29, 0.717) is 12.3 Å². The van der Waals surface area contributed by atoms with Crippen molar-refractivity contribution in [1.29, 1.82) is 0 Å². The highest BCUT2D eigenvalue weighted by molar-refractivity contribution is 7.92. The molecule has 7 nitrogen and oxygen atoms in total. The fraction of sp³-hybridized carbons (Fsp3) is 0.350. The Bertz CT molecular complexity index is 946. The SMILES string of the molecule is COc1ccc(S(=O)(=O)N(CC(=O)NCC(C)C)c2ccc(F)cc2)cc1OC. The predicted octanol–water partition coefficient (Wildman–Crippen LogP) is 2.81. The molecule has 0 spiro atoms. The maximum Gasteiger partial charge on any atom is 0.264 e. The second kappa shape index (κ2) is 9.60. The molecule has 2 aromatic rings. The summed E-state index contributed by atoms with van der Waals surface area (Å²) >= 11 is 0. The highest BCUT2D eigenvalue weighted by Gasteiger charge is 2.28. The summed E-state index contributed by atoms with van der Waals surface area (Å²) in [7, 11) is -1.31. The first-order chi connectivity index (χ1) is 13.7. The number of methoxy groups -OCH3 is 2. The fourth-order valence-electron chi connectivity index (χ4n) is 2.53. The number of amides is 1. The number of halogens is 1.